The minimum atomic E-state index is 0.0897. The number of ether oxygens (including phenoxy) is 1. The van der Waals surface area contributed by atoms with Crippen molar-refractivity contribution in [2.24, 2.45) is 0 Å². The molecule has 0 fully saturated rings. The van der Waals surface area contributed by atoms with Crippen molar-refractivity contribution in [2.75, 3.05) is 0 Å². The van der Waals surface area contributed by atoms with Gasteiger partial charge in [-0.3, -0.25) is 0 Å². The quantitative estimate of drug-likeness (QED) is 0.360. The van der Waals surface area contributed by atoms with Gasteiger partial charge in [-0.1, -0.05) is 73.4 Å². The molecule has 0 aromatic heterocycles. The summed E-state index contributed by atoms with van der Waals surface area (Å²) in [4.78, 5) is 0. The summed E-state index contributed by atoms with van der Waals surface area (Å²) in [5, 5.41) is 1.24. The molecule has 0 amide bonds. The number of rotatable bonds is 8. The molecule has 0 bridgehead atoms. The first kappa shape index (κ1) is 20.8. The van der Waals surface area contributed by atoms with Gasteiger partial charge in [-0.15, -0.1) is 0 Å². The van der Waals surface area contributed by atoms with Gasteiger partial charge in [-0.2, -0.15) is 0 Å². The highest BCUT2D eigenvalue weighted by molar-refractivity contribution is 6.42. The van der Waals surface area contributed by atoms with Crippen molar-refractivity contribution in [3.05, 3.63) is 94.0 Å². The summed E-state index contributed by atoms with van der Waals surface area (Å²) < 4.78 is 5.95. The standard InChI is InChI=1S/C25H26Cl2O/c1-3-25(2,20-14-15-23(26)24(27)18-20)16-8-10-19-9-7-13-22(17-19)28-21-11-5-4-6-12-21/h4-7,9,11-15,17-18H,3,8,10,16H2,1-2H3. The minimum absolute atomic E-state index is 0.0897. The van der Waals surface area contributed by atoms with E-state index in [0.29, 0.717) is 10.0 Å². The third kappa shape index (κ3) is 5.31. The number of hydrogen-bond donors (Lipinski definition) is 0. The van der Waals surface area contributed by atoms with Gasteiger partial charge in [0.25, 0.3) is 0 Å². The molecule has 0 radical (unpaired) electrons. The summed E-state index contributed by atoms with van der Waals surface area (Å²) in [6, 6.07) is 24.3. The third-order valence-corrected chi connectivity index (χ3v) is 6.21. The molecule has 146 valence electrons. The van der Waals surface area contributed by atoms with Crippen molar-refractivity contribution in [2.45, 2.75) is 44.9 Å². The SMILES string of the molecule is CCC(C)(CCCc1cccc(Oc2ccccc2)c1)c1ccc(Cl)c(Cl)c1. The van der Waals surface area contributed by atoms with E-state index in [0.717, 1.165) is 37.2 Å². The maximum Gasteiger partial charge on any atom is 0.127 e. The molecule has 3 aromatic carbocycles. The molecule has 28 heavy (non-hydrogen) atoms. The second-order valence-corrected chi connectivity index (χ2v) is 8.27. The Kier molecular flexibility index (Phi) is 7.04. The Morgan fingerprint density at radius 3 is 2.29 bits per heavy atom. The van der Waals surface area contributed by atoms with Gasteiger partial charge in [0.1, 0.15) is 11.5 Å². The fourth-order valence-electron chi connectivity index (χ4n) is 3.47. The highest BCUT2D eigenvalue weighted by Gasteiger charge is 2.24. The zero-order valence-corrected chi connectivity index (χ0v) is 17.9. The zero-order chi connectivity index (χ0) is 20.0. The molecule has 3 heteroatoms. The second kappa shape index (κ2) is 9.49. The number of benzene rings is 3. The Hall–Kier alpha value is -1.96. The number of aryl methyl sites for hydroxylation is 1. The Balaban J connectivity index is 1.63. The molecule has 3 rings (SSSR count). The molecular formula is C25H26Cl2O. The normalized spacial score (nSPS) is 13.1. The predicted octanol–water partition coefficient (Wildman–Crippen LogP) is 8.48. The van der Waals surface area contributed by atoms with E-state index in [2.05, 4.69) is 38.1 Å². The molecule has 0 N–H and O–H groups in total. The summed E-state index contributed by atoms with van der Waals surface area (Å²) in [5.41, 5.74) is 2.64. The molecule has 0 heterocycles. The van der Waals surface area contributed by atoms with Crippen molar-refractivity contribution in [1.29, 1.82) is 0 Å². The average Bonchev–Trinajstić information content (AvgIpc) is 2.71. The molecule has 3 aromatic rings. The number of para-hydroxylation sites is 1. The minimum Gasteiger partial charge on any atom is -0.457 e. The van der Waals surface area contributed by atoms with Crippen LogP contribution in [-0.4, -0.2) is 0 Å². The lowest BCUT2D eigenvalue weighted by Gasteiger charge is -2.29. The van der Waals surface area contributed by atoms with Crippen molar-refractivity contribution >= 4 is 23.2 Å². The lowest BCUT2D eigenvalue weighted by atomic mass is 9.76. The van der Waals surface area contributed by atoms with Gasteiger partial charge in [0.2, 0.25) is 0 Å². The summed E-state index contributed by atoms with van der Waals surface area (Å²) in [6.45, 7) is 4.54. The van der Waals surface area contributed by atoms with Gasteiger partial charge in [0.15, 0.2) is 0 Å². The summed E-state index contributed by atoms with van der Waals surface area (Å²) >= 11 is 12.3. The molecule has 0 aliphatic carbocycles. The molecule has 0 saturated carbocycles. The van der Waals surface area contributed by atoms with Crippen LogP contribution in [0, 0.1) is 0 Å². The monoisotopic (exact) mass is 412 g/mol. The van der Waals surface area contributed by atoms with E-state index in [-0.39, 0.29) is 5.41 Å². The van der Waals surface area contributed by atoms with Crippen LogP contribution >= 0.6 is 23.2 Å². The Labute approximate surface area is 178 Å². The third-order valence-electron chi connectivity index (χ3n) is 5.47. The van der Waals surface area contributed by atoms with E-state index in [1.807, 2.05) is 48.5 Å². The van der Waals surface area contributed by atoms with Crippen LogP contribution in [0.4, 0.5) is 0 Å². The van der Waals surface area contributed by atoms with Gasteiger partial charge in [0.05, 0.1) is 10.0 Å². The Morgan fingerprint density at radius 1 is 0.821 bits per heavy atom. The number of halogens is 2. The fourth-order valence-corrected chi connectivity index (χ4v) is 3.77. The summed E-state index contributed by atoms with van der Waals surface area (Å²) in [5.74, 6) is 1.74. The second-order valence-electron chi connectivity index (χ2n) is 7.46. The lowest BCUT2D eigenvalue weighted by molar-refractivity contribution is 0.405. The molecular weight excluding hydrogens is 387 g/mol. The first-order valence-corrected chi connectivity index (χ1v) is 10.5. The van der Waals surface area contributed by atoms with Crippen LogP contribution in [0.2, 0.25) is 10.0 Å². The molecule has 1 atom stereocenters. The average molecular weight is 413 g/mol. The van der Waals surface area contributed by atoms with E-state index < -0.39 is 0 Å². The van der Waals surface area contributed by atoms with Crippen LogP contribution in [0.15, 0.2) is 72.8 Å². The Morgan fingerprint density at radius 2 is 1.57 bits per heavy atom. The van der Waals surface area contributed by atoms with Crippen LogP contribution in [0.3, 0.4) is 0 Å². The van der Waals surface area contributed by atoms with Gasteiger partial charge in [0, 0.05) is 0 Å². The van der Waals surface area contributed by atoms with E-state index >= 15 is 0 Å². The van der Waals surface area contributed by atoms with E-state index in [4.69, 9.17) is 27.9 Å². The molecule has 0 spiro atoms. The van der Waals surface area contributed by atoms with Crippen LogP contribution in [0.25, 0.3) is 0 Å². The zero-order valence-electron chi connectivity index (χ0n) is 16.4. The molecule has 0 aliphatic heterocycles. The van der Waals surface area contributed by atoms with Crippen molar-refractivity contribution < 1.29 is 4.74 Å². The lowest BCUT2D eigenvalue weighted by Crippen LogP contribution is -2.21. The predicted molar refractivity (Wildman–Crippen MR) is 120 cm³/mol. The molecule has 0 aliphatic rings. The fraction of sp³-hybridized carbons (Fsp3) is 0.280. The van der Waals surface area contributed by atoms with Crippen LogP contribution in [0.5, 0.6) is 11.5 Å². The summed E-state index contributed by atoms with van der Waals surface area (Å²) in [6.07, 6.45) is 4.26. The van der Waals surface area contributed by atoms with E-state index in [1.54, 1.807) is 0 Å². The molecule has 0 saturated heterocycles. The van der Waals surface area contributed by atoms with Crippen LogP contribution in [-0.2, 0) is 11.8 Å². The number of hydrogen-bond acceptors (Lipinski definition) is 1. The maximum absolute atomic E-state index is 6.24. The molecule has 1 nitrogen and oxygen atoms in total. The summed E-state index contributed by atoms with van der Waals surface area (Å²) in [7, 11) is 0. The maximum atomic E-state index is 6.24. The smallest absolute Gasteiger partial charge is 0.127 e. The van der Waals surface area contributed by atoms with Crippen molar-refractivity contribution in [3.63, 3.8) is 0 Å². The van der Waals surface area contributed by atoms with Crippen molar-refractivity contribution in [1.82, 2.24) is 0 Å². The first-order valence-electron chi connectivity index (χ1n) is 9.77. The van der Waals surface area contributed by atoms with Gasteiger partial charge in [-0.25, -0.2) is 0 Å². The topological polar surface area (TPSA) is 9.23 Å². The first-order chi connectivity index (χ1) is 13.5. The van der Waals surface area contributed by atoms with Crippen LogP contribution in [0.1, 0.15) is 44.2 Å². The highest BCUT2D eigenvalue weighted by atomic mass is 35.5. The van der Waals surface area contributed by atoms with Gasteiger partial charge in [-0.05, 0) is 78.6 Å². The van der Waals surface area contributed by atoms with Crippen molar-refractivity contribution in [3.8, 4) is 11.5 Å². The van der Waals surface area contributed by atoms with Crippen LogP contribution < -0.4 is 4.74 Å². The Bertz CT molecular complexity index is 907. The van der Waals surface area contributed by atoms with Gasteiger partial charge < -0.3 is 4.74 Å². The molecule has 1 unspecified atom stereocenters. The van der Waals surface area contributed by atoms with E-state index in [1.165, 1.54) is 11.1 Å². The van der Waals surface area contributed by atoms with E-state index in [9.17, 15) is 0 Å². The largest absolute Gasteiger partial charge is 0.457 e. The highest BCUT2D eigenvalue weighted by Crippen LogP contribution is 2.36. The van der Waals surface area contributed by atoms with Gasteiger partial charge >= 0.3 is 0 Å².